The van der Waals surface area contributed by atoms with E-state index in [2.05, 4.69) is 35.2 Å². The summed E-state index contributed by atoms with van der Waals surface area (Å²) in [6.07, 6.45) is 1.96. The first-order valence-electron chi connectivity index (χ1n) is 8.53. The van der Waals surface area contributed by atoms with Crippen molar-refractivity contribution in [3.63, 3.8) is 0 Å². The van der Waals surface area contributed by atoms with E-state index in [1.54, 1.807) is 0 Å². The second-order valence-electron chi connectivity index (χ2n) is 7.01. The fourth-order valence-corrected chi connectivity index (χ4v) is 3.42. The molecule has 0 spiro atoms. The molecule has 0 atom stereocenters. The Hall–Kier alpha value is -2.82. The number of rotatable bonds is 3. The summed E-state index contributed by atoms with van der Waals surface area (Å²) < 4.78 is 5.47. The van der Waals surface area contributed by atoms with Crippen LogP contribution in [-0.2, 0) is 5.41 Å². The smallest absolute Gasteiger partial charge is 0.251 e. The third-order valence-corrected chi connectivity index (χ3v) is 4.80. The van der Waals surface area contributed by atoms with Crippen LogP contribution in [0.1, 0.15) is 36.7 Å². The van der Waals surface area contributed by atoms with Crippen molar-refractivity contribution in [2.45, 2.75) is 26.2 Å². The molecule has 0 aliphatic carbocycles. The molecular formula is C20H21N3O2. The second-order valence-corrected chi connectivity index (χ2v) is 7.01. The van der Waals surface area contributed by atoms with Crippen LogP contribution in [0.15, 0.2) is 36.5 Å². The Morgan fingerprint density at radius 1 is 1.20 bits per heavy atom. The maximum Gasteiger partial charge on any atom is 0.251 e. The Bertz CT molecular complexity index is 972. The summed E-state index contributed by atoms with van der Waals surface area (Å²) in [6, 6.07) is 9.96. The lowest BCUT2D eigenvalue weighted by Crippen LogP contribution is -2.43. The zero-order valence-corrected chi connectivity index (χ0v) is 14.6. The number of nitrogens with one attached hydrogen (secondary N) is 2. The number of pyridine rings is 1. The standard InChI is InChI=1S/C20H21N3O2/c1-4-25-17-8-7-13-15(10-21-18(13)23-17)12-5-6-14-16(9-12)20(2,3)11-22-19(14)24/h5-10H,4,11H2,1-3H3,(H,21,23)(H,22,24). The fourth-order valence-electron chi connectivity index (χ4n) is 3.42. The van der Waals surface area contributed by atoms with Gasteiger partial charge in [0.25, 0.3) is 5.91 Å². The molecule has 1 aromatic carbocycles. The van der Waals surface area contributed by atoms with Gasteiger partial charge < -0.3 is 15.0 Å². The lowest BCUT2D eigenvalue weighted by atomic mass is 9.78. The van der Waals surface area contributed by atoms with Gasteiger partial charge in [-0.3, -0.25) is 4.79 Å². The quantitative estimate of drug-likeness (QED) is 0.768. The number of hydrogen-bond donors (Lipinski definition) is 2. The van der Waals surface area contributed by atoms with E-state index in [1.165, 1.54) is 0 Å². The molecule has 0 bridgehead atoms. The van der Waals surface area contributed by atoms with E-state index in [0.29, 0.717) is 19.0 Å². The number of carbonyl (C=O) groups is 1. The van der Waals surface area contributed by atoms with E-state index in [0.717, 1.165) is 33.3 Å². The van der Waals surface area contributed by atoms with Crippen LogP contribution in [0, 0.1) is 0 Å². The molecule has 0 fully saturated rings. The molecule has 25 heavy (non-hydrogen) atoms. The van der Waals surface area contributed by atoms with Crippen LogP contribution in [0.25, 0.3) is 22.2 Å². The first kappa shape index (κ1) is 15.7. The number of carbonyl (C=O) groups excluding carboxylic acids is 1. The minimum Gasteiger partial charge on any atom is -0.478 e. The second kappa shape index (κ2) is 5.62. The number of ether oxygens (including phenoxy) is 1. The van der Waals surface area contributed by atoms with Gasteiger partial charge in [-0.25, -0.2) is 0 Å². The molecule has 1 amide bonds. The zero-order valence-electron chi connectivity index (χ0n) is 14.6. The van der Waals surface area contributed by atoms with E-state index < -0.39 is 0 Å². The number of benzene rings is 1. The van der Waals surface area contributed by atoms with Crippen molar-refractivity contribution in [3.8, 4) is 17.0 Å². The number of aromatic nitrogens is 2. The van der Waals surface area contributed by atoms with E-state index in [1.807, 2.05) is 37.4 Å². The van der Waals surface area contributed by atoms with Crippen LogP contribution in [0.2, 0.25) is 0 Å². The summed E-state index contributed by atoms with van der Waals surface area (Å²) in [7, 11) is 0. The molecule has 3 heterocycles. The van der Waals surface area contributed by atoms with Crippen LogP contribution in [0.5, 0.6) is 5.88 Å². The zero-order chi connectivity index (χ0) is 17.6. The van der Waals surface area contributed by atoms with Crippen molar-refractivity contribution in [2.24, 2.45) is 0 Å². The lowest BCUT2D eigenvalue weighted by Gasteiger charge is -2.32. The van der Waals surface area contributed by atoms with Crippen LogP contribution in [-0.4, -0.2) is 29.0 Å². The maximum atomic E-state index is 12.1. The first-order chi connectivity index (χ1) is 12.0. The Morgan fingerprint density at radius 3 is 2.84 bits per heavy atom. The molecule has 0 saturated heterocycles. The Morgan fingerprint density at radius 2 is 2.04 bits per heavy atom. The number of hydrogen-bond acceptors (Lipinski definition) is 3. The predicted octanol–water partition coefficient (Wildman–Crippen LogP) is 3.65. The van der Waals surface area contributed by atoms with Crippen LogP contribution in [0.4, 0.5) is 0 Å². The molecule has 128 valence electrons. The molecule has 0 saturated carbocycles. The molecule has 0 radical (unpaired) electrons. The summed E-state index contributed by atoms with van der Waals surface area (Å²) in [5, 5.41) is 4.00. The van der Waals surface area contributed by atoms with Crippen molar-refractivity contribution < 1.29 is 9.53 Å². The normalized spacial score (nSPS) is 15.7. The van der Waals surface area contributed by atoms with E-state index in [-0.39, 0.29) is 11.3 Å². The van der Waals surface area contributed by atoms with Gasteiger partial charge in [-0.1, -0.05) is 19.9 Å². The van der Waals surface area contributed by atoms with Crippen LogP contribution >= 0.6 is 0 Å². The van der Waals surface area contributed by atoms with Crippen molar-refractivity contribution in [2.75, 3.05) is 13.2 Å². The highest BCUT2D eigenvalue weighted by Crippen LogP contribution is 2.35. The highest BCUT2D eigenvalue weighted by atomic mass is 16.5. The molecule has 5 heteroatoms. The summed E-state index contributed by atoms with van der Waals surface area (Å²) in [6.45, 7) is 7.49. The molecular weight excluding hydrogens is 314 g/mol. The van der Waals surface area contributed by atoms with Crippen molar-refractivity contribution in [3.05, 3.63) is 47.7 Å². The van der Waals surface area contributed by atoms with Crippen molar-refractivity contribution in [1.82, 2.24) is 15.3 Å². The van der Waals surface area contributed by atoms with Crippen molar-refractivity contribution >= 4 is 16.9 Å². The molecule has 4 rings (SSSR count). The van der Waals surface area contributed by atoms with Gasteiger partial charge in [0.1, 0.15) is 5.65 Å². The summed E-state index contributed by atoms with van der Waals surface area (Å²) in [4.78, 5) is 19.9. The molecule has 0 unspecified atom stereocenters. The predicted molar refractivity (Wildman–Crippen MR) is 98.1 cm³/mol. The first-order valence-corrected chi connectivity index (χ1v) is 8.53. The molecule has 1 aliphatic rings. The van der Waals surface area contributed by atoms with Gasteiger partial charge in [-0.2, -0.15) is 4.98 Å². The third-order valence-electron chi connectivity index (χ3n) is 4.80. The van der Waals surface area contributed by atoms with Gasteiger partial charge in [0.15, 0.2) is 0 Å². The minimum absolute atomic E-state index is 0.00262. The van der Waals surface area contributed by atoms with Gasteiger partial charge in [0.05, 0.1) is 6.61 Å². The number of aromatic amines is 1. The fraction of sp³-hybridized carbons (Fsp3) is 0.300. The number of fused-ring (bicyclic) bond motifs is 2. The molecule has 5 nitrogen and oxygen atoms in total. The monoisotopic (exact) mass is 335 g/mol. The maximum absolute atomic E-state index is 12.1. The summed E-state index contributed by atoms with van der Waals surface area (Å²) in [5.41, 5.74) is 4.72. The highest BCUT2D eigenvalue weighted by Gasteiger charge is 2.31. The summed E-state index contributed by atoms with van der Waals surface area (Å²) in [5.74, 6) is 0.620. The SMILES string of the molecule is CCOc1ccc2c(-c3ccc4c(c3)C(C)(C)CNC4=O)c[nH]c2n1. The molecule has 1 aliphatic heterocycles. The number of amides is 1. The van der Waals surface area contributed by atoms with Gasteiger partial charge in [0.2, 0.25) is 5.88 Å². The Balaban J connectivity index is 1.83. The van der Waals surface area contributed by atoms with E-state index >= 15 is 0 Å². The average Bonchev–Trinajstić information content (AvgIpc) is 3.02. The van der Waals surface area contributed by atoms with Gasteiger partial charge in [0, 0.05) is 40.7 Å². The molecule has 2 N–H and O–H groups in total. The number of nitrogens with zero attached hydrogens (tertiary/aromatic N) is 1. The van der Waals surface area contributed by atoms with E-state index in [4.69, 9.17) is 4.74 Å². The Kier molecular flexibility index (Phi) is 3.53. The van der Waals surface area contributed by atoms with Crippen LogP contribution in [0.3, 0.4) is 0 Å². The molecule has 2 aromatic heterocycles. The Labute approximate surface area is 146 Å². The van der Waals surface area contributed by atoms with Crippen molar-refractivity contribution in [1.29, 1.82) is 0 Å². The largest absolute Gasteiger partial charge is 0.478 e. The highest BCUT2D eigenvalue weighted by molar-refractivity contribution is 5.99. The topological polar surface area (TPSA) is 67.0 Å². The van der Waals surface area contributed by atoms with Gasteiger partial charge in [-0.05, 0) is 36.2 Å². The number of H-pyrrole nitrogens is 1. The van der Waals surface area contributed by atoms with Crippen LogP contribution < -0.4 is 10.1 Å². The average molecular weight is 335 g/mol. The van der Waals surface area contributed by atoms with E-state index in [9.17, 15) is 4.79 Å². The third kappa shape index (κ3) is 2.56. The van der Waals surface area contributed by atoms with Gasteiger partial charge in [-0.15, -0.1) is 0 Å². The molecule has 3 aromatic rings. The minimum atomic E-state index is -0.0915. The summed E-state index contributed by atoms with van der Waals surface area (Å²) >= 11 is 0. The lowest BCUT2D eigenvalue weighted by molar-refractivity contribution is 0.0930. The van der Waals surface area contributed by atoms with Gasteiger partial charge >= 0.3 is 0 Å².